The monoisotopic (exact) mass is 220 g/mol. The number of nitrogens with zero attached hydrogens (tertiary/aromatic N) is 1. The van der Waals surface area contributed by atoms with Crippen molar-refractivity contribution in [2.24, 2.45) is 0 Å². The quantitative estimate of drug-likeness (QED) is 0.846. The lowest BCUT2D eigenvalue weighted by Crippen LogP contribution is -2.34. The SMILES string of the molecule is CCC(C)N(C)C(=O)c1ccccc1NC. The molecule has 0 bridgehead atoms. The summed E-state index contributed by atoms with van der Waals surface area (Å²) in [5.74, 6) is 0.0688. The van der Waals surface area contributed by atoms with Crippen LogP contribution in [0.15, 0.2) is 24.3 Å². The topological polar surface area (TPSA) is 32.3 Å². The van der Waals surface area contributed by atoms with Gasteiger partial charge in [-0.05, 0) is 25.5 Å². The van der Waals surface area contributed by atoms with E-state index >= 15 is 0 Å². The second kappa shape index (κ2) is 5.54. The van der Waals surface area contributed by atoms with Gasteiger partial charge < -0.3 is 10.2 Å². The molecule has 1 unspecified atom stereocenters. The number of amides is 1. The van der Waals surface area contributed by atoms with Crippen molar-refractivity contribution < 1.29 is 4.79 Å². The molecule has 1 N–H and O–H groups in total. The number of para-hydroxylation sites is 1. The van der Waals surface area contributed by atoms with Crippen LogP contribution in [0.4, 0.5) is 5.69 Å². The lowest BCUT2D eigenvalue weighted by atomic mass is 10.1. The first-order valence-electron chi connectivity index (χ1n) is 5.65. The van der Waals surface area contributed by atoms with Crippen molar-refractivity contribution in [2.75, 3.05) is 19.4 Å². The molecule has 16 heavy (non-hydrogen) atoms. The van der Waals surface area contributed by atoms with Gasteiger partial charge in [0.1, 0.15) is 0 Å². The lowest BCUT2D eigenvalue weighted by Gasteiger charge is -2.24. The van der Waals surface area contributed by atoms with Crippen LogP contribution in [0.2, 0.25) is 0 Å². The van der Waals surface area contributed by atoms with Gasteiger partial charge in [-0.1, -0.05) is 19.1 Å². The fourth-order valence-electron chi connectivity index (χ4n) is 1.55. The van der Waals surface area contributed by atoms with Gasteiger partial charge in [0.2, 0.25) is 0 Å². The highest BCUT2D eigenvalue weighted by Gasteiger charge is 2.18. The Balaban J connectivity index is 2.95. The molecule has 0 aliphatic rings. The summed E-state index contributed by atoms with van der Waals surface area (Å²) in [5.41, 5.74) is 1.61. The van der Waals surface area contributed by atoms with Gasteiger partial charge in [-0.3, -0.25) is 4.79 Å². The number of nitrogens with one attached hydrogen (secondary N) is 1. The average Bonchev–Trinajstić information content (AvgIpc) is 2.35. The summed E-state index contributed by atoms with van der Waals surface area (Å²) in [6.07, 6.45) is 0.962. The third-order valence-electron chi connectivity index (χ3n) is 3.00. The molecule has 1 atom stereocenters. The molecule has 3 nitrogen and oxygen atoms in total. The van der Waals surface area contributed by atoms with E-state index in [0.29, 0.717) is 0 Å². The smallest absolute Gasteiger partial charge is 0.255 e. The Kier molecular flexibility index (Phi) is 4.35. The maximum atomic E-state index is 12.2. The Bertz CT molecular complexity index is 363. The Morgan fingerprint density at radius 1 is 1.44 bits per heavy atom. The number of benzene rings is 1. The molecule has 0 heterocycles. The van der Waals surface area contributed by atoms with E-state index in [2.05, 4.69) is 19.2 Å². The van der Waals surface area contributed by atoms with E-state index in [4.69, 9.17) is 0 Å². The molecule has 0 aliphatic heterocycles. The fourth-order valence-corrected chi connectivity index (χ4v) is 1.55. The highest BCUT2D eigenvalue weighted by molar-refractivity contribution is 5.99. The highest BCUT2D eigenvalue weighted by Crippen LogP contribution is 2.17. The first-order valence-corrected chi connectivity index (χ1v) is 5.65. The van der Waals surface area contributed by atoms with E-state index in [0.717, 1.165) is 17.7 Å². The molecule has 1 amide bonds. The van der Waals surface area contributed by atoms with Crippen LogP contribution in [0.25, 0.3) is 0 Å². The van der Waals surface area contributed by atoms with Crippen LogP contribution >= 0.6 is 0 Å². The first-order chi connectivity index (χ1) is 7.61. The number of hydrogen-bond donors (Lipinski definition) is 1. The molecule has 0 aliphatic carbocycles. The van der Waals surface area contributed by atoms with Gasteiger partial charge in [-0.2, -0.15) is 0 Å². The Morgan fingerprint density at radius 3 is 2.62 bits per heavy atom. The summed E-state index contributed by atoms with van der Waals surface area (Å²) < 4.78 is 0. The van der Waals surface area contributed by atoms with Gasteiger partial charge in [-0.25, -0.2) is 0 Å². The van der Waals surface area contributed by atoms with Gasteiger partial charge in [0.05, 0.1) is 5.56 Å². The number of hydrogen-bond acceptors (Lipinski definition) is 2. The highest BCUT2D eigenvalue weighted by atomic mass is 16.2. The van der Waals surface area contributed by atoms with Crippen molar-refractivity contribution >= 4 is 11.6 Å². The molecule has 88 valence electrons. The maximum absolute atomic E-state index is 12.2. The van der Waals surface area contributed by atoms with Crippen LogP contribution in [0.5, 0.6) is 0 Å². The summed E-state index contributed by atoms with van der Waals surface area (Å²) in [6.45, 7) is 4.14. The Labute approximate surface area is 97.5 Å². The molecule has 1 aromatic carbocycles. The lowest BCUT2D eigenvalue weighted by molar-refractivity contribution is 0.0741. The summed E-state index contributed by atoms with van der Waals surface area (Å²) in [7, 11) is 3.68. The van der Waals surface area contributed by atoms with Crippen LogP contribution in [-0.2, 0) is 0 Å². The zero-order valence-corrected chi connectivity index (χ0v) is 10.4. The molecule has 1 aromatic rings. The van der Waals surface area contributed by atoms with E-state index < -0.39 is 0 Å². The van der Waals surface area contributed by atoms with Crippen molar-refractivity contribution in [3.05, 3.63) is 29.8 Å². The van der Waals surface area contributed by atoms with Crippen LogP contribution in [0.1, 0.15) is 30.6 Å². The largest absolute Gasteiger partial charge is 0.387 e. The minimum Gasteiger partial charge on any atom is -0.387 e. The predicted molar refractivity (Wildman–Crippen MR) is 67.8 cm³/mol. The molecule has 3 heteroatoms. The van der Waals surface area contributed by atoms with Gasteiger partial charge in [0.15, 0.2) is 0 Å². The van der Waals surface area contributed by atoms with Crippen LogP contribution in [0, 0.1) is 0 Å². The number of carbonyl (C=O) groups excluding carboxylic acids is 1. The van der Waals surface area contributed by atoms with E-state index in [1.54, 1.807) is 4.90 Å². The van der Waals surface area contributed by atoms with Crippen LogP contribution in [-0.4, -0.2) is 30.9 Å². The molecule has 0 radical (unpaired) electrons. The summed E-state index contributed by atoms with van der Waals surface area (Å²) in [5, 5.41) is 3.04. The zero-order chi connectivity index (χ0) is 12.1. The van der Waals surface area contributed by atoms with Crippen molar-refractivity contribution in [3.8, 4) is 0 Å². The Hall–Kier alpha value is -1.51. The predicted octanol–water partition coefficient (Wildman–Crippen LogP) is 2.60. The second-order valence-electron chi connectivity index (χ2n) is 3.97. The van der Waals surface area contributed by atoms with Crippen LogP contribution in [0.3, 0.4) is 0 Å². The minimum atomic E-state index is 0.0688. The van der Waals surface area contributed by atoms with Crippen molar-refractivity contribution in [1.29, 1.82) is 0 Å². The molecule has 0 aromatic heterocycles. The summed E-state index contributed by atoms with van der Waals surface area (Å²) >= 11 is 0. The van der Waals surface area contributed by atoms with Crippen molar-refractivity contribution in [1.82, 2.24) is 4.90 Å². The number of anilines is 1. The van der Waals surface area contributed by atoms with Gasteiger partial charge >= 0.3 is 0 Å². The second-order valence-corrected chi connectivity index (χ2v) is 3.97. The van der Waals surface area contributed by atoms with Crippen LogP contribution < -0.4 is 5.32 Å². The van der Waals surface area contributed by atoms with Gasteiger partial charge in [0, 0.05) is 25.8 Å². The average molecular weight is 220 g/mol. The van der Waals surface area contributed by atoms with E-state index in [-0.39, 0.29) is 11.9 Å². The molecule has 0 saturated heterocycles. The van der Waals surface area contributed by atoms with Gasteiger partial charge in [0.25, 0.3) is 5.91 Å². The first kappa shape index (κ1) is 12.6. The zero-order valence-electron chi connectivity index (χ0n) is 10.4. The van der Waals surface area contributed by atoms with E-state index in [9.17, 15) is 4.79 Å². The Morgan fingerprint density at radius 2 is 2.06 bits per heavy atom. The summed E-state index contributed by atoms with van der Waals surface area (Å²) in [4.78, 5) is 14.0. The standard InChI is InChI=1S/C13H20N2O/c1-5-10(2)15(4)13(16)11-8-6-7-9-12(11)14-3/h6-10,14H,5H2,1-4H3. The molecule has 0 fully saturated rings. The molecular weight excluding hydrogens is 200 g/mol. The molecule has 0 spiro atoms. The van der Waals surface area contributed by atoms with Gasteiger partial charge in [-0.15, -0.1) is 0 Å². The van der Waals surface area contributed by atoms with Crippen molar-refractivity contribution in [3.63, 3.8) is 0 Å². The molecular formula is C13H20N2O. The summed E-state index contributed by atoms with van der Waals surface area (Å²) in [6, 6.07) is 7.84. The van der Waals surface area contributed by atoms with E-state index in [1.807, 2.05) is 38.4 Å². The molecule has 0 saturated carbocycles. The third kappa shape index (κ3) is 2.54. The number of rotatable bonds is 4. The maximum Gasteiger partial charge on any atom is 0.255 e. The van der Waals surface area contributed by atoms with Crippen molar-refractivity contribution in [2.45, 2.75) is 26.3 Å². The van der Waals surface area contributed by atoms with E-state index in [1.165, 1.54) is 0 Å². The normalized spacial score (nSPS) is 12.0. The fraction of sp³-hybridized carbons (Fsp3) is 0.462. The minimum absolute atomic E-state index is 0.0688. The third-order valence-corrected chi connectivity index (χ3v) is 3.00. The molecule has 1 rings (SSSR count). The number of carbonyl (C=O) groups is 1.